The Morgan fingerprint density at radius 3 is 2.72 bits per heavy atom. The molecule has 98 valence electrons. The van der Waals surface area contributed by atoms with E-state index in [-0.39, 0.29) is 12.0 Å². The maximum Gasteiger partial charge on any atom is 0.328 e. The third-order valence-corrected chi connectivity index (χ3v) is 2.94. The lowest BCUT2D eigenvalue weighted by Crippen LogP contribution is -2.42. The van der Waals surface area contributed by atoms with Crippen molar-refractivity contribution in [1.29, 1.82) is 0 Å². The lowest BCUT2D eigenvalue weighted by molar-refractivity contribution is -0.151. The minimum Gasteiger partial charge on any atom is -0.465 e. The molecule has 0 aliphatic carbocycles. The maximum absolute atomic E-state index is 12.1. The Hall–Kier alpha value is -1.46. The quantitative estimate of drug-likeness (QED) is 0.747. The lowest BCUT2D eigenvalue weighted by atomic mass is 10.1. The molecule has 1 aliphatic rings. The van der Waals surface area contributed by atoms with Crippen LogP contribution in [0.1, 0.15) is 18.5 Å². The second-order valence-corrected chi connectivity index (χ2v) is 4.08. The standard InChI is InChI=1S/C13H18N2O3/c1-2-18-13(16)12(11-3-5-14-6-4-11)15-7-9-17-10-8-15/h3-6,12H,2,7-10H2,1H3. The lowest BCUT2D eigenvalue weighted by Gasteiger charge is -2.33. The first-order valence-electron chi connectivity index (χ1n) is 6.21. The highest BCUT2D eigenvalue weighted by atomic mass is 16.5. The topological polar surface area (TPSA) is 51.7 Å². The Balaban J connectivity index is 2.19. The van der Waals surface area contributed by atoms with Crippen LogP contribution in [0.15, 0.2) is 24.5 Å². The van der Waals surface area contributed by atoms with Gasteiger partial charge in [0.05, 0.1) is 19.8 Å². The number of nitrogens with zero attached hydrogens (tertiary/aromatic N) is 2. The number of hydrogen-bond acceptors (Lipinski definition) is 5. The van der Waals surface area contributed by atoms with Crippen molar-refractivity contribution in [2.24, 2.45) is 0 Å². The van der Waals surface area contributed by atoms with Crippen LogP contribution >= 0.6 is 0 Å². The molecule has 1 aromatic rings. The van der Waals surface area contributed by atoms with E-state index in [0.29, 0.717) is 19.8 Å². The van der Waals surface area contributed by atoms with Crippen molar-refractivity contribution in [2.75, 3.05) is 32.9 Å². The van der Waals surface area contributed by atoms with Crippen LogP contribution in [-0.4, -0.2) is 48.8 Å². The summed E-state index contributed by atoms with van der Waals surface area (Å²) >= 11 is 0. The van der Waals surface area contributed by atoms with Gasteiger partial charge in [0.15, 0.2) is 0 Å². The Labute approximate surface area is 107 Å². The molecule has 0 spiro atoms. The SMILES string of the molecule is CCOC(=O)C(c1ccncc1)N1CCOCC1. The Bertz CT molecular complexity index is 377. The number of hydrogen-bond donors (Lipinski definition) is 0. The molecule has 0 aromatic carbocycles. The number of carbonyl (C=O) groups is 1. The molecule has 0 N–H and O–H groups in total. The summed E-state index contributed by atoms with van der Waals surface area (Å²) in [6.45, 7) is 5.01. The van der Waals surface area contributed by atoms with E-state index >= 15 is 0 Å². The van der Waals surface area contributed by atoms with Crippen molar-refractivity contribution in [1.82, 2.24) is 9.88 Å². The first-order valence-corrected chi connectivity index (χ1v) is 6.21. The number of carbonyl (C=O) groups excluding carboxylic acids is 1. The first-order chi connectivity index (χ1) is 8.83. The van der Waals surface area contributed by atoms with Gasteiger partial charge in [0.2, 0.25) is 0 Å². The summed E-state index contributed by atoms with van der Waals surface area (Å²) < 4.78 is 10.5. The predicted octanol–water partition coefficient (Wildman–Crippen LogP) is 1.02. The average molecular weight is 250 g/mol. The van der Waals surface area contributed by atoms with E-state index in [1.807, 2.05) is 19.1 Å². The monoisotopic (exact) mass is 250 g/mol. The highest BCUT2D eigenvalue weighted by molar-refractivity contribution is 5.77. The van der Waals surface area contributed by atoms with Gasteiger partial charge in [-0.15, -0.1) is 0 Å². The van der Waals surface area contributed by atoms with Gasteiger partial charge in [0.25, 0.3) is 0 Å². The molecular weight excluding hydrogens is 232 g/mol. The summed E-state index contributed by atoms with van der Waals surface area (Å²) in [5.41, 5.74) is 0.922. The summed E-state index contributed by atoms with van der Waals surface area (Å²) in [5, 5.41) is 0. The van der Waals surface area contributed by atoms with Crippen molar-refractivity contribution in [3.63, 3.8) is 0 Å². The molecule has 0 amide bonds. The molecular formula is C13H18N2O3. The van der Waals surface area contributed by atoms with Crippen LogP contribution in [0, 0.1) is 0 Å². The van der Waals surface area contributed by atoms with Gasteiger partial charge in [0, 0.05) is 25.5 Å². The van der Waals surface area contributed by atoms with Crippen molar-refractivity contribution in [3.05, 3.63) is 30.1 Å². The second kappa shape index (κ2) is 6.47. The van der Waals surface area contributed by atoms with Gasteiger partial charge in [0.1, 0.15) is 6.04 Å². The van der Waals surface area contributed by atoms with Gasteiger partial charge in [-0.1, -0.05) is 0 Å². The van der Waals surface area contributed by atoms with E-state index in [9.17, 15) is 4.79 Å². The zero-order chi connectivity index (χ0) is 12.8. The summed E-state index contributed by atoms with van der Waals surface area (Å²) in [7, 11) is 0. The van der Waals surface area contributed by atoms with Crippen LogP contribution in [0.3, 0.4) is 0 Å². The van der Waals surface area contributed by atoms with Crippen LogP contribution < -0.4 is 0 Å². The summed E-state index contributed by atoms with van der Waals surface area (Å²) in [6, 6.07) is 3.37. The third-order valence-electron chi connectivity index (χ3n) is 2.94. The molecule has 1 atom stereocenters. The fraction of sp³-hybridized carbons (Fsp3) is 0.538. The summed E-state index contributed by atoms with van der Waals surface area (Å²) in [5.74, 6) is -0.203. The van der Waals surface area contributed by atoms with E-state index in [4.69, 9.17) is 9.47 Å². The molecule has 1 aliphatic heterocycles. The highest BCUT2D eigenvalue weighted by Gasteiger charge is 2.29. The average Bonchev–Trinajstić information content (AvgIpc) is 2.42. The van der Waals surface area contributed by atoms with Gasteiger partial charge >= 0.3 is 5.97 Å². The molecule has 1 fully saturated rings. The van der Waals surface area contributed by atoms with Gasteiger partial charge in [-0.2, -0.15) is 0 Å². The smallest absolute Gasteiger partial charge is 0.328 e. The predicted molar refractivity (Wildman–Crippen MR) is 66.0 cm³/mol. The van der Waals surface area contributed by atoms with E-state index in [0.717, 1.165) is 18.7 Å². The Kier molecular flexibility index (Phi) is 4.66. The molecule has 5 nitrogen and oxygen atoms in total. The fourth-order valence-corrected chi connectivity index (χ4v) is 2.10. The van der Waals surface area contributed by atoms with Crippen LogP contribution in [0.2, 0.25) is 0 Å². The van der Waals surface area contributed by atoms with Crippen molar-refractivity contribution < 1.29 is 14.3 Å². The largest absolute Gasteiger partial charge is 0.465 e. The van der Waals surface area contributed by atoms with Crippen LogP contribution in [-0.2, 0) is 14.3 Å². The molecule has 2 heterocycles. The van der Waals surface area contributed by atoms with Crippen molar-refractivity contribution >= 4 is 5.97 Å². The van der Waals surface area contributed by atoms with Crippen molar-refractivity contribution in [2.45, 2.75) is 13.0 Å². The maximum atomic E-state index is 12.1. The number of morpholine rings is 1. The first kappa shape index (κ1) is 13.0. The van der Waals surface area contributed by atoms with Crippen LogP contribution in [0.4, 0.5) is 0 Å². The minimum atomic E-state index is -0.350. The van der Waals surface area contributed by atoms with E-state index < -0.39 is 0 Å². The Morgan fingerprint density at radius 2 is 2.11 bits per heavy atom. The second-order valence-electron chi connectivity index (χ2n) is 4.08. The van der Waals surface area contributed by atoms with Crippen LogP contribution in [0.5, 0.6) is 0 Å². The number of rotatable bonds is 4. The summed E-state index contributed by atoms with van der Waals surface area (Å²) in [4.78, 5) is 18.2. The number of pyridine rings is 1. The molecule has 2 rings (SSSR count). The fourth-order valence-electron chi connectivity index (χ4n) is 2.10. The highest BCUT2D eigenvalue weighted by Crippen LogP contribution is 2.22. The van der Waals surface area contributed by atoms with E-state index in [1.165, 1.54) is 0 Å². The molecule has 0 radical (unpaired) electrons. The minimum absolute atomic E-state index is 0.203. The van der Waals surface area contributed by atoms with E-state index in [2.05, 4.69) is 9.88 Å². The molecule has 0 bridgehead atoms. The molecule has 0 saturated carbocycles. The third kappa shape index (κ3) is 3.05. The van der Waals surface area contributed by atoms with Gasteiger partial charge in [-0.05, 0) is 24.6 Å². The number of esters is 1. The van der Waals surface area contributed by atoms with Gasteiger partial charge < -0.3 is 9.47 Å². The van der Waals surface area contributed by atoms with Gasteiger partial charge in [-0.3, -0.25) is 9.88 Å². The van der Waals surface area contributed by atoms with Crippen LogP contribution in [0.25, 0.3) is 0 Å². The molecule has 5 heteroatoms. The Morgan fingerprint density at radius 1 is 1.44 bits per heavy atom. The normalized spacial score (nSPS) is 18.3. The summed E-state index contributed by atoms with van der Waals surface area (Å²) in [6.07, 6.45) is 3.39. The zero-order valence-corrected chi connectivity index (χ0v) is 10.5. The van der Waals surface area contributed by atoms with Gasteiger partial charge in [-0.25, -0.2) is 4.79 Å². The van der Waals surface area contributed by atoms with E-state index in [1.54, 1.807) is 12.4 Å². The molecule has 1 saturated heterocycles. The molecule has 18 heavy (non-hydrogen) atoms. The van der Waals surface area contributed by atoms with Crippen molar-refractivity contribution in [3.8, 4) is 0 Å². The molecule has 1 unspecified atom stereocenters. The zero-order valence-electron chi connectivity index (χ0n) is 10.5. The number of ether oxygens (including phenoxy) is 2. The molecule has 1 aromatic heterocycles. The number of aromatic nitrogens is 1.